The number of nitrogens with zero attached hydrogens (tertiary/aromatic N) is 8. The Morgan fingerprint density at radius 3 is 1.66 bits per heavy atom. The first-order valence-electron chi connectivity index (χ1n) is 20.8. The van der Waals surface area contributed by atoms with Gasteiger partial charge < -0.3 is 20.2 Å². The Balaban J connectivity index is 0.000000133. The number of hydrogen-bond donors (Lipinski definition) is 3. The van der Waals surface area contributed by atoms with Gasteiger partial charge in [0.25, 0.3) is 10.1 Å². The van der Waals surface area contributed by atoms with E-state index < -0.39 is 10.1 Å². The van der Waals surface area contributed by atoms with Crippen molar-refractivity contribution in [2.45, 2.75) is 11.8 Å². The molecule has 0 saturated heterocycles. The smallest absolute Gasteiger partial charge is 0.294 e. The quantitative estimate of drug-likeness (QED) is 0.0848. The normalized spacial score (nSPS) is 11.0. The second-order valence-corrected chi connectivity index (χ2v) is 17.9. The predicted octanol–water partition coefficient (Wildman–Crippen LogP) is 12.6. The van der Waals surface area contributed by atoms with Crippen LogP contribution in [0.25, 0.3) is 66.1 Å². The van der Waals surface area contributed by atoms with Crippen LogP contribution < -0.4 is 11.1 Å². The van der Waals surface area contributed by atoms with E-state index in [-0.39, 0.29) is 10.2 Å². The van der Waals surface area contributed by atoms with E-state index in [1.165, 1.54) is 33.9 Å². The fourth-order valence-electron chi connectivity index (χ4n) is 7.31. The van der Waals surface area contributed by atoms with E-state index in [4.69, 9.17) is 50.1 Å². The Labute approximate surface area is 406 Å². The number of halogens is 3. The lowest BCUT2D eigenvalue weighted by Crippen LogP contribution is -1.98. The maximum absolute atomic E-state index is 10.5. The molecule has 0 aliphatic rings. The van der Waals surface area contributed by atoms with Gasteiger partial charge in [-0.2, -0.15) is 8.42 Å². The van der Waals surface area contributed by atoms with Gasteiger partial charge in [0.05, 0.1) is 37.4 Å². The Bertz CT molecular complexity index is 3700. The Morgan fingerprint density at radius 1 is 0.574 bits per heavy atom. The van der Waals surface area contributed by atoms with Crippen LogP contribution in [0.2, 0.25) is 15.3 Å². The topological polar surface area (TPSA) is 180 Å². The molecule has 0 amide bonds. The Hall–Kier alpha value is -7.46. The van der Waals surface area contributed by atoms with Gasteiger partial charge in [-0.05, 0) is 103 Å². The van der Waals surface area contributed by atoms with Crippen molar-refractivity contribution in [1.29, 1.82) is 0 Å². The first-order valence-corrected chi connectivity index (χ1v) is 23.3. The molecule has 0 unspecified atom stereocenters. The van der Waals surface area contributed by atoms with E-state index in [2.05, 4.69) is 76.0 Å². The molecular weight excluding hydrogens is 939 g/mol. The molecular formula is C51H41Cl3N10O3S. The first kappa shape index (κ1) is 47.0. The summed E-state index contributed by atoms with van der Waals surface area (Å²) >= 11 is 18.1. The molecule has 17 heteroatoms. The van der Waals surface area contributed by atoms with Gasteiger partial charge in [-0.25, -0.2) is 19.9 Å². The number of rotatable bonds is 5. The molecule has 68 heavy (non-hydrogen) atoms. The molecule has 0 aliphatic carbocycles. The number of fused-ring (bicyclic) bond motifs is 4. The summed E-state index contributed by atoms with van der Waals surface area (Å²) in [6.45, 7) is 1.84. The summed E-state index contributed by atoms with van der Waals surface area (Å²) in [4.78, 5) is 25.6. The van der Waals surface area contributed by atoms with E-state index in [0.717, 1.165) is 55.6 Å². The molecule has 0 atom stereocenters. The van der Waals surface area contributed by atoms with E-state index in [1.54, 1.807) is 49.1 Å². The third-order valence-corrected chi connectivity index (χ3v) is 12.3. The third-order valence-electron chi connectivity index (χ3n) is 10.6. The molecule has 0 saturated carbocycles. The summed E-state index contributed by atoms with van der Waals surface area (Å²) in [6.07, 6.45) is 11.0. The lowest BCUT2D eigenvalue weighted by molar-refractivity contribution is 0.483. The first-order chi connectivity index (χ1) is 32.7. The van der Waals surface area contributed by atoms with Gasteiger partial charge in [-0.15, -0.1) is 0 Å². The third kappa shape index (κ3) is 11.0. The molecule has 6 aromatic heterocycles. The summed E-state index contributed by atoms with van der Waals surface area (Å²) in [7, 11) is 0.0436. The van der Waals surface area contributed by atoms with E-state index in [9.17, 15) is 8.42 Å². The van der Waals surface area contributed by atoms with Crippen LogP contribution in [0.15, 0.2) is 176 Å². The molecule has 11 aromatic rings. The highest BCUT2D eigenvalue weighted by molar-refractivity contribution is 7.85. The van der Waals surface area contributed by atoms with Crippen LogP contribution in [0.1, 0.15) is 5.56 Å². The van der Waals surface area contributed by atoms with Gasteiger partial charge in [0.1, 0.15) is 0 Å². The Morgan fingerprint density at radius 2 is 1.09 bits per heavy atom. The van der Waals surface area contributed by atoms with Crippen molar-refractivity contribution in [3.8, 4) is 22.5 Å². The molecule has 0 spiro atoms. The zero-order valence-electron chi connectivity index (χ0n) is 36.6. The standard InChI is InChI=1S/C22H16ClN5.C13H10ClN3.C9H7ClN2.C7H8O3S/c1-28-13-17(15-4-2-3-5-21(15)28)20-9-11-25-22(27-20)26-14-6-7-19-16(12-14)18(23)8-10-24-19;1-17-8-10(9-4-2-3-5-12(9)17)11-6-7-15-13(14)16-11;10-8-3-4-12-9-2-1-6(11)5-7(8)9;1-6-2-4-7(5-3-6)11(8,9)10/h2-13H,1H3,(H,25,26,27);2-8H,1H3;1-5H,11H2;2-5H,1H3,(H,8,9,10). The number of benzene rings is 5. The largest absolute Gasteiger partial charge is 0.399 e. The zero-order valence-corrected chi connectivity index (χ0v) is 39.7. The average Bonchev–Trinajstić information content (AvgIpc) is 3.86. The van der Waals surface area contributed by atoms with Crippen LogP contribution in [0.4, 0.5) is 17.3 Å². The van der Waals surface area contributed by atoms with Crippen molar-refractivity contribution < 1.29 is 13.0 Å². The monoisotopic (exact) mass is 978 g/mol. The molecule has 5 aromatic carbocycles. The van der Waals surface area contributed by atoms with E-state index in [0.29, 0.717) is 21.7 Å². The second kappa shape index (κ2) is 20.6. The minimum atomic E-state index is -4.02. The number of pyridine rings is 2. The fraction of sp³-hybridized carbons (Fsp3) is 0.0588. The van der Waals surface area contributed by atoms with Crippen molar-refractivity contribution in [2.24, 2.45) is 14.1 Å². The van der Waals surface area contributed by atoms with Crippen molar-refractivity contribution in [3.05, 3.63) is 192 Å². The van der Waals surface area contributed by atoms with Crippen LogP contribution in [0.5, 0.6) is 0 Å². The number of nitrogen functional groups attached to an aromatic ring is 1. The maximum atomic E-state index is 10.5. The number of aryl methyl sites for hydroxylation is 3. The zero-order chi connectivity index (χ0) is 48.0. The van der Waals surface area contributed by atoms with Crippen LogP contribution in [-0.2, 0) is 24.2 Å². The lowest BCUT2D eigenvalue weighted by atomic mass is 10.1. The summed E-state index contributed by atoms with van der Waals surface area (Å²) in [5.41, 5.74) is 16.1. The van der Waals surface area contributed by atoms with Crippen LogP contribution >= 0.6 is 34.8 Å². The summed E-state index contributed by atoms with van der Waals surface area (Å²) < 4.78 is 33.7. The molecule has 6 heterocycles. The number of aromatic nitrogens is 8. The van der Waals surface area contributed by atoms with Crippen LogP contribution in [-0.4, -0.2) is 52.0 Å². The summed E-state index contributed by atoms with van der Waals surface area (Å²) in [6, 6.07) is 41.2. The van der Waals surface area contributed by atoms with Crippen molar-refractivity contribution in [3.63, 3.8) is 0 Å². The molecule has 340 valence electrons. The molecule has 4 N–H and O–H groups in total. The van der Waals surface area contributed by atoms with Crippen molar-refractivity contribution in [1.82, 2.24) is 39.0 Å². The van der Waals surface area contributed by atoms with Gasteiger partial charge >= 0.3 is 0 Å². The minimum Gasteiger partial charge on any atom is -0.399 e. The lowest BCUT2D eigenvalue weighted by Gasteiger charge is -2.08. The van der Waals surface area contributed by atoms with E-state index in [1.807, 2.05) is 93.8 Å². The SMILES string of the molecule is Cc1ccc(S(=O)(=O)O)cc1.Cn1cc(-c2ccnc(Cl)n2)c2ccccc21.Cn1cc(-c2ccnc(Nc3ccc4nccc(Cl)c4c3)n2)c2ccccc21.Nc1ccc2nccc(Cl)c2c1. The molecule has 0 radical (unpaired) electrons. The highest BCUT2D eigenvalue weighted by Crippen LogP contribution is 2.32. The second-order valence-electron chi connectivity index (χ2n) is 15.3. The molecule has 11 rings (SSSR count). The van der Waals surface area contributed by atoms with Gasteiger partial charge in [0, 0.05) is 106 Å². The highest BCUT2D eigenvalue weighted by atomic mass is 35.5. The molecule has 0 bridgehead atoms. The Kier molecular flexibility index (Phi) is 14.2. The highest BCUT2D eigenvalue weighted by Gasteiger charge is 2.12. The molecule has 13 nitrogen and oxygen atoms in total. The minimum absolute atomic E-state index is 0.0666. The van der Waals surface area contributed by atoms with Gasteiger partial charge in [-0.3, -0.25) is 14.5 Å². The fourth-order valence-corrected chi connectivity index (χ4v) is 8.35. The number of anilines is 3. The maximum Gasteiger partial charge on any atom is 0.294 e. The van der Waals surface area contributed by atoms with Gasteiger partial charge in [-0.1, -0.05) is 77.3 Å². The summed E-state index contributed by atoms with van der Waals surface area (Å²) in [5.74, 6) is 0.532. The van der Waals surface area contributed by atoms with Crippen LogP contribution in [0.3, 0.4) is 0 Å². The average molecular weight is 980 g/mol. The number of hydrogen-bond acceptors (Lipinski definition) is 10. The van der Waals surface area contributed by atoms with Gasteiger partial charge in [0.2, 0.25) is 11.2 Å². The number of nitrogens with two attached hydrogens (primary N) is 1. The number of para-hydroxylation sites is 2. The molecule has 0 aliphatic heterocycles. The number of nitrogens with one attached hydrogen (secondary N) is 1. The predicted molar refractivity (Wildman–Crippen MR) is 275 cm³/mol. The van der Waals surface area contributed by atoms with Crippen molar-refractivity contribution in [2.75, 3.05) is 11.1 Å². The summed E-state index contributed by atoms with van der Waals surface area (Å²) in [5, 5.41) is 9.03. The van der Waals surface area contributed by atoms with Gasteiger partial charge in [0.15, 0.2) is 0 Å². The van der Waals surface area contributed by atoms with Crippen molar-refractivity contribution >= 4 is 106 Å². The molecule has 0 fully saturated rings. The van der Waals surface area contributed by atoms with Crippen LogP contribution in [0, 0.1) is 6.92 Å². The van der Waals surface area contributed by atoms with E-state index >= 15 is 0 Å².